The van der Waals surface area contributed by atoms with Crippen LogP contribution in [0, 0.1) is 0 Å². The summed E-state index contributed by atoms with van der Waals surface area (Å²) in [4.78, 5) is 8.34. The molecule has 0 aromatic carbocycles. The van der Waals surface area contributed by atoms with Crippen molar-refractivity contribution in [3.8, 4) is 5.88 Å². The standard InChI is InChI=1S/C10H13N5O/c1-15-9-8(5-14-15)10(13-6-12-9)16-7-2-3-11-4-7/h5-7,11H,2-4H2,1H3. The van der Waals surface area contributed by atoms with Gasteiger partial charge in [-0.05, 0) is 13.0 Å². The second kappa shape index (κ2) is 3.71. The van der Waals surface area contributed by atoms with Gasteiger partial charge in [-0.25, -0.2) is 9.97 Å². The Balaban J connectivity index is 1.96. The molecule has 6 nitrogen and oxygen atoms in total. The van der Waals surface area contributed by atoms with Crippen molar-refractivity contribution in [3.05, 3.63) is 12.5 Å². The van der Waals surface area contributed by atoms with Crippen molar-refractivity contribution in [2.45, 2.75) is 12.5 Å². The molecule has 1 unspecified atom stereocenters. The van der Waals surface area contributed by atoms with Crippen molar-refractivity contribution in [1.82, 2.24) is 25.1 Å². The minimum atomic E-state index is 0.207. The number of nitrogens with zero attached hydrogens (tertiary/aromatic N) is 4. The molecule has 0 aliphatic carbocycles. The molecule has 0 amide bonds. The van der Waals surface area contributed by atoms with E-state index < -0.39 is 0 Å². The predicted octanol–water partition coefficient (Wildman–Crippen LogP) is 0.104. The smallest absolute Gasteiger partial charge is 0.228 e. The van der Waals surface area contributed by atoms with Crippen LogP contribution in [0.15, 0.2) is 12.5 Å². The van der Waals surface area contributed by atoms with E-state index in [9.17, 15) is 0 Å². The molecule has 16 heavy (non-hydrogen) atoms. The van der Waals surface area contributed by atoms with E-state index in [4.69, 9.17) is 4.74 Å². The van der Waals surface area contributed by atoms with Gasteiger partial charge < -0.3 is 10.1 Å². The Hall–Kier alpha value is -1.69. The second-order valence-corrected chi connectivity index (χ2v) is 3.92. The van der Waals surface area contributed by atoms with Gasteiger partial charge in [-0.3, -0.25) is 4.68 Å². The van der Waals surface area contributed by atoms with Gasteiger partial charge in [0, 0.05) is 13.6 Å². The summed E-state index contributed by atoms with van der Waals surface area (Å²) >= 11 is 0. The molecule has 3 heterocycles. The van der Waals surface area contributed by atoms with Gasteiger partial charge in [-0.2, -0.15) is 5.10 Å². The van der Waals surface area contributed by atoms with Gasteiger partial charge in [0.25, 0.3) is 0 Å². The Morgan fingerprint density at radius 2 is 2.44 bits per heavy atom. The van der Waals surface area contributed by atoms with Crippen molar-refractivity contribution < 1.29 is 4.74 Å². The summed E-state index contributed by atoms with van der Waals surface area (Å²) in [6, 6.07) is 0. The minimum Gasteiger partial charge on any atom is -0.472 e. The second-order valence-electron chi connectivity index (χ2n) is 3.92. The number of hydrogen-bond acceptors (Lipinski definition) is 5. The molecule has 1 aliphatic heterocycles. The van der Waals surface area contributed by atoms with E-state index in [-0.39, 0.29) is 6.10 Å². The molecule has 0 radical (unpaired) electrons. The number of aromatic nitrogens is 4. The molecule has 0 bridgehead atoms. The van der Waals surface area contributed by atoms with Gasteiger partial charge in [0.05, 0.1) is 6.20 Å². The first-order valence-corrected chi connectivity index (χ1v) is 5.34. The van der Waals surface area contributed by atoms with E-state index in [2.05, 4.69) is 20.4 Å². The molecule has 0 saturated carbocycles. The molecular formula is C10H13N5O. The lowest BCUT2D eigenvalue weighted by Crippen LogP contribution is -2.20. The normalized spacial score (nSPS) is 20.4. The molecule has 0 spiro atoms. The molecule has 1 fully saturated rings. The number of rotatable bonds is 2. The highest BCUT2D eigenvalue weighted by Crippen LogP contribution is 2.22. The zero-order valence-corrected chi connectivity index (χ0v) is 9.05. The van der Waals surface area contributed by atoms with Gasteiger partial charge >= 0.3 is 0 Å². The number of hydrogen-bond donors (Lipinski definition) is 1. The van der Waals surface area contributed by atoms with Crippen LogP contribution in [0.5, 0.6) is 5.88 Å². The third-order valence-corrected chi connectivity index (χ3v) is 2.79. The van der Waals surface area contributed by atoms with Gasteiger partial charge in [0.1, 0.15) is 17.8 Å². The largest absolute Gasteiger partial charge is 0.472 e. The third kappa shape index (κ3) is 1.51. The highest BCUT2D eigenvalue weighted by Gasteiger charge is 2.18. The number of aryl methyl sites for hydroxylation is 1. The molecule has 6 heteroatoms. The average molecular weight is 219 g/mol. The lowest BCUT2D eigenvalue weighted by atomic mass is 10.3. The van der Waals surface area contributed by atoms with Crippen LogP contribution in [0.2, 0.25) is 0 Å². The average Bonchev–Trinajstić information content (AvgIpc) is 2.90. The molecule has 2 aromatic heterocycles. The van der Waals surface area contributed by atoms with E-state index in [0.717, 1.165) is 30.5 Å². The third-order valence-electron chi connectivity index (χ3n) is 2.79. The maximum Gasteiger partial charge on any atom is 0.228 e. The quantitative estimate of drug-likeness (QED) is 0.776. The number of fused-ring (bicyclic) bond motifs is 1. The van der Waals surface area contributed by atoms with Crippen LogP contribution in [0.25, 0.3) is 11.0 Å². The topological polar surface area (TPSA) is 64.9 Å². The predicted molar refractivity (Wildman–Crippen MR) is 58.2 cm³/mol. The fourth-order valence-corrected chi connectivity index (χ4v) is 1.92. The lowest BCUT2D eigenvalue weighted by molar-refractivity contribution is 0.217. The van der Waals surface area contributed by atoms with Crippen LogP contribution in [-0.4, -0.2) is 38.9 Å². The van der Waals surface area contributed by atoms with E-state index in [0.29, 0.717) is 5.88 Å². The van der Waals surface area contributed by atoms with Crippen LogP contribution in [0.1, 0.15) is 6.42 Å². The molecule has 1 saturated heterocycles. The summed E-state index contributed by atoms with van der Waals surface area (Å²) in [7, 11) is 1.86. The van der Waals surface area contributed by atoms with Gasteiger partial charge in [-0.15, -0.1) is 0 Å². The molecule has 3 rings (SSSR count). The highest BCUT2D eigenvalue weighted by atomic mass is 16.5. The highest BCUT2D eigenvalue weighted by molar-refractivity contribution is 5.79. The van der Waals surface area contributed by atoms with Crippen molar-refractivity contribution in [1.29, 1.82) is 0 Å². The van der Waals surface area contributed by atoms with Gasteiger partial charge in [0.15, 0.2) is 5.65 Å². The first-order chi connectivity index (χ1) is 7.84. The van der Waals surface area contributed by atoms with Crippen LogP contribution in [0.4, 0.5) is 0 Å². The monoisotopic (exact) mass is 219 g/mol. The summed E-state index contributed by atoms with van der Waals surface area (Å²) in [5.74, 6) is 0.631. The molecule has 1 aliphatic rings. The summed E-state index contributed by atoms with van der Waals surface area (Å²) < 4.78 is 7.55. The Morgan fingerprint density at radius 1 is 1.50 bits per heavy atom. The van der Waals surface area contributed by atoms with Crippen molar-refractivity contribution in [2.75, 3.05) is 13.1 Å². The van der Waals surface area contributed by atoms with Crippen LogP contribution >= 0.6 is 0 Å². The Morgan fingerprint density at radius 3 is 3.25 bits per heavy atom. The first-order valence-electron chi connectivity index (χ1n) is 5.34. The lowest BCUT2D eigenvalue weighted by Gasteiger charge is -2.11. The maximum absolute atomic E-state index is 5.83. The van der Waals surface area contributed by atoms with E-state index in [1.807, 2.05) is 7.05 Å². The summed E-state index contributed by atoms with van der Waals surface area (Å²) in [6.07, 6.45) is 4.49. The molecule has 84 valence electrons. The Bertz CT molecular complexity index is 503. The molecule has 2 aromatic rings. The minimum absolute atomic E-state index is 0.207. The Labute approximate surface area is 92.6 Å². The zero-order valence-electron chi connectivity index (χ0n) is 9.05. The van der Waals surface area contributed by atoms with E-state index in [1.54, 1.807) is 10.9 Å². The summed E-state index contributed by atoms with van der Waals surface area (Å²) in [6.45, 7) is 1.89. The van der Waals surface area contributed by atoms with Crippen molar-refractivity contribution in [2.24, 2.45) is 7.05 Å². The summed E-state index contributed by atoms with van der Waals surface area (Å²) in [5, 5.41) is 8.28. The maximum atomic E-state index is 5.83. The molecule has 1 atom stereocenters. The van der Waals surface area contributed by atoms with Crippen molar-refractivity contribution >= 4 is 11.0 Å². The van der Waals surface area contributed by atoms with Gasteiger partial charge in [0.2, 0.25) is 5.88 Å². The van der Waals surface area contributed by atoms with Crippen LogP contribution in [-0.2, 0) is 7.05 Å². The van der Waals surface area contributed by atoms with Gasteiger partial charge in [-0.1, -0.05) is 0 Å². The fraction of sp³-hybridized carbons (Fsp3) is 0.500. The Kier molecular flexibility index (Phi) is 2.21. The fourth-order valence-electron chi connectivity index (χ4n) is 1.92. The summed E-state index contributed by atoms with van der Waals surface area (Å²) in [5.41, 5.74) is 0.802. The van der Waals surface area contributed by atoms with E-state index >= 15 is 0 Å². The van der Waals surface area contributed by atoms with Crippen LogP contribution in [0.3, 0.4) is 0 Å². The first kappa shape index (κ1) is 9.53. The zero-order chi connectivity index (χ0) is 11.0. The van der Waals surface area contributed by atoms with E-state index in [1.165, 1.54) is 6.33 Å². The van der Waals surface area contributed by atoms with Crippen molar-refractivity contribution in [3.63, 3.8) is 0 Å². The SMILES string of the molecule is Cn1ncc2c(OC3CCNC3)ncnc21. The number of ether oxygens (including phenoxy) is 1. The molecule has 1 N–H and O–H groups in total. The molecular weight excluding hydrogens is 206 g/mol. The van der Waals surface area contributed by atoms with Crippen LogP contribution < -0.4 is 10.1 Å². The number of nitrogens with one attached hydrogen (secondary N) is 1.